The van der Waals surface area contributed by atoms with Crippen molar-refractivity contribution in [2.45, 2.75) is 24.9 Å². The zero-order valence-electron chi connectivity index (χ0n) is 9.43. The molecule has 1 heterocycles. The van der Waals surface area contributed by atoms with Gasteiger partial charge in [-0.05, 0) is 12.8 Å². The van der Waals surface area contributed by atoms with Crippen LogP contribution in [0.4, 0.5) is 0 Å². The Bertz CT molecular complexity index is 382. The van der Waals surface area contributed by atoms with E-state index in [1.807, 2.05) is 0 Å². The standard InChI is InChI=1S/C8H15N2O7P/c9-5(4-17-18(14,15)16)7(11)10-3-1-2-6(10)8(12)13/h5-6H,1-4,9H2,(H,12,13)(H2,14,15,16)/t5-,6-/m0/s1. The molecular formula is C8H15N2O7P. The average Bonchev–Trinajstić information content (AvgIpc) is 2.72. The molecule has 0 aromatic heterocycles. The molecule has 0 spiro atoms. The molecule has 0 unspecified atom stereocenters. The van der Waals surface area contributed by atoms with Crippen LogP contribution in [0.2, 0.25) is 0 Å². The lowest BCUT2D eigenvalue weighted by Crippen LogP contribution is -2.50. The second-order valence-corrected chi connectivity index (χ2v) is 5.16. The van der Waals surface area contributed by atoms with Gasteiger partial charge in [-0.3, -0.25) is 9.32 Å². The number of carboxylic acids is 1. The lowest BCUT2D eigenvalue weighted by molar-refractivity contribution is -0.149. The molecule has 0 saturated carbocycles. The molecule has 18 heavy (non-hydrogen) atoms. The Morgan fingerprint density at radius 2 is 2.11 bits per heavy atom. The third-order valence-electron chi connectivity index (χ3n) is 2.56. The fraction of sp³-hybridized carbons (Fsp3) is 0.750. The van der Waals surface area contributed by atoms with Gasteiger partial charge < -0.3 is 25.5 Å². The summed E-state index contributed by atoms with van der Waals surface area (Å²) in [6.45, 7) is -0.397. The quantitative estimate of drug-likeness (QED) is 0.445. The lowest BCUT2D eigenvalue weighted by atomic mass is 10.2. The van der Waals surface area contributed by atoms with E-state index < -0.39 is 38.4 Å². The predicted molar refractivity (Wildman–Crippen MR) is 58.3 cm³/mol. The Morgan fingerprint density at radius 3 is 2.61 bits per heavy atom. The summed E-state index contributed by atoms with van der Waals surface area (Å²) in [7, 11) is -4.69. The SMILES string of the molecule is N[C@@H](COP(=O)(O)O)C(=O)N1CCC[C@H]1C(=O)O. The highest BCUT2D eigenvalue weighted by atomic mass is 31.2. The highest BCUT2D eigenvalue weighted by molar-refractivity contribution is 7.46. The maximum absolute atomic E-state index is 11.8. The van der Waals surface area contributed by atoms with E-state index in [1.54, 1.807) is 0 Å². The first-order chi connectivity index (χ1) is 8.22. The molecule has 104 valence electrons. The number of phosphoric ester groups is 1. The fourth-order valence-corrected chi connectivity index (χ4v) is 2.10. The molecule has 2 atom stereocenters. The average molecular weight is 282 g/mol. The molecule has 5 N–H and O–H groups in total. The third-order valence-corrected chi connectivity index (χ3v) is 3.05. The van der Waals surface area contributed by atoms with Crippen LogP contribution in [-0.2, 0) is 18.7 Å². The first-order valence-corrected chi connectivity index (χ1v) is 6.74. The van der Waals surface area contributed by atoms with Crippen molar-refractivity contribution in [1.29, 1.82) is 0 Å². The van der Waals surface area contributed by atoms with Gasteiger partial charge in [0.1, 0.15) is 12.1 Å². The molecule has 1 aliphatic heterocycles. The number of rotatable bonds is 5. The molecule has 1 amide bonds. The number of phosphoric acid groups is 1. The number of likely N-dealkylation sites (tertiary alicyclic amines) is 1. The number of hydrogen-bond donors (Lipinski definition) is 4. The van der Waals surface area contributed by atoms with Crippen molar-refractivity contribution in [3.63, 3.8) is 0 Å². The number of amides is 1. The number of carboxylic acid groups (broad SMARTS) is 1. The molecule has 1 fully saturated rings. The monoisotopic (exact) mass is 282 g/mol. The van der Waals surface area contributed by atoms with Gasteiger partial charge in [0.2, 0.25) is 5.91 Å². The minimum absolute atomic E-state index is 0.263. The van der Waals surface area contributed by atoms with Gasteiger partial charge in [0, 0.05) is 6.54 Å². The van der Waals surface area contributed by atoms with Gasteiger partial charge in [0.25, 0.3) is 0 Å². The summed E-state index contributed by atoms with van der Waals surface area (Å²) in [5.41, 5.74) is 5.41. The summed E-state index contributed by atoms with van der Waals surface area (Å²) in [5, 5.41) is 8.88. The summed E-state index contributed by atoms with van der Waals surface area (Å²) in [5.74, 6) is -1.81. The van der Waals surface area contributed by atoms with Crippen molar-refractivity contribution in [2.75, 3.05) is 13.2 Å². The Labute approximate surface area is 103 Å². The molecule has 1 saturated heterocycles. The Kier molecular flexibility index (Phi) is 4.83. The van der Waals surface area contributed by atoms with E-state index >= 15 is 0 Å². The normalized spacial score (nSPS) is 21.9. The van der Waals surface area contributed by atoms with Crippen molar-refractivity contribution in [3.8, 4) is 0 Å². The number of carbonyl (C=O) groups is 2. The summed E-state index contributed by atoms with van der Waals surface area (Å²) < 4.78 is 14.6. The molecule has 0 aromatic carbocycles. The Morgan fingerprint density at radius 1 is 1.50 bits per heavy atom. The van der Waals surface area contributed by atoms with E-state index in [4.69, 9.17) is 20.6 Å². The molecule has 10 heteroatoms. The van der Waals surface area contributed by atoms with Crippen LogP contribution in [0.25, 0.3) is 0 Å². The van der Waals surface area contributed by atoms with Crippen molar-refractivity contribution in [1.82, 2.24) is 4.90 Å². The molecule has 9 nitrogen and oxygen atoms in total. The fourth-order valence-electron chi connectivity index (χ4n) is 1.75. The van der Waals surface area contributed by atoms with Crippen molar-refractivity contribution < 1.29 is 33.6 Å². The number of hydrogen-bond acceptors (Lipinski definition) is 5. The second kappa shape index (κ2) is 5.77. The number of carbonyl (C=O) groups excluding carboxylic acids is 1. The van der Waals surface area contributed by atoms with Crippen LogP contribution in [0.15, 0.2) is 0 Å². The predicted octanol–water partition coefficient (Wildman–Crippen LogP) is -1.50. The van der Waals surface area contributed by atoms with E-state index in [-0.39, 0.29) is 6.54 Å². The molecular weight excluding hydrogens is 267 g/mol. The van der Waals surface area contributed by atoms with E-state index in [2.05, 4.69) is 4.52 Å². The summed E-state index contributed by atoms with van der Waals surface area (Å²) in [6.07, 6.45) is 0.891. The lowest BCUT2D eigenvalue weighted by Gasteiger charge is -2.24. The topological polar surface area (TPSA) is 150 Å². The van der Waals surface area contributed by atoms with E-state index in [9.17, 15) is 14.2 Å². The van der Waals surface area contributed by atoms with Gasteiger partial charge in [0.05, 0.1) is 6.61 Å². The first-order valence-electron chi connectivity index (χ1n) is 5.21. The molecule has 0 bridgehead atoms. The molecule has 0 aliphatic carbocycles. The van der Waals surface area contributed by atoms with Crippen LogP contribution in [0.3, 0.4) is 0 Å². The summed E-state index contributed by atoms with van der Waals surface area (Å²) >= 11 is 0. The molecule has 1 rings (SSSR count). The van der Waals surface area contributed by atoms with Crippen LogP contribution in [0, 0.1) is 0 Å². The highest BCUT2D eigenvalue weighted by Gasteiger charge is 2.36. The second-order valence-electron chi connectivity index (χ2n) is 3.92. The number of nitrogens with two attached hydrogens (primary N) is 1. The summed E-state index contributed by atoms with van der Waals surface area (Å²) in [4.78, 5) is 40.7. The first kappa shape index (κ1) is 15.1. The van der Waals surface area contributed by atoms with Crippen LogP contribution in [0.1, 0.15) is 12.8 Å². The minimum atomic E-state index is -4.69. The van der Waals surface area contributed by atoms with E-state index in [0.717, 1.165) is 4.90 Å². The van der Waals surface area contributed by atoms with Crippen molar-refractivity contribution in [2.24, 2.45) is 5.73 Å². The van der Waals surface area contributed by atoms with Gasteiger partial charge >= 0.3 is 13.8 Å². The van der Waals surface area contributed by atoms with Gasteiger partial charge in [-0.1, -0.05) is 0 Å². The maximum Gasteiger partial charge on any atom is 0.469 e. The van der Waals surface area contributed by atoms with Crippen molar-refractivity contribution >= 4 is 19.7 Å². The molecule has 0 aromatic rings. The number of aliphatic carboxylic acids is 1. The zero-order chi connectivity index (χ0) is 13.9. The summed E-state index contributed by atoms with van der Waals surface area (Å²) in [6, 6.07) is -2.23. The van der Waals surface area contributed by atoms with Gasteiger partial charge in [-0.2, -0.15) is 0 Å². The van der Waals surface area contributed by atoms with Gasteiger partial charge in [-0.15, -0.1) is 0 Å². The maximum atomic E-state index is 11.8. The number of nitrogens with zero attached hydrogens (tertiary/aromatic N) is 1. The smallest absolute Gasteiger partial charge is 0.469 e. The Hall–Kier alpha value is -0.990. The molecule has 1 aliphatic rings. The van der Waals surface area contributed by atoms with Crippen LogP contribution < -0.4 is 5.73 Å². The minimum Gasteiger partial charge on any atom is -0.480 e. The van der Waals surface area contributed by atoms with Gasteiger partial charge in [-0.25, -0.2) is 9.36 Å². The molecule has 0 radical (unpaired) electrons. The van der Waals surface area contributed by atoms with Crippen LogP contribution in [0.5, 0.6) is 0 Å². The highest BCUT2D eigenvalue weighted by Crippen LogP contribution is 2.35. The van der Waals surface area contributed by atoms with Gasteiger partial charge in [0.15, 0.2) is 0 Å². The zero-order valence-corrected chi connectivity index (χ0v) is 10.3. The van der Waals surface area contributed by atoms with E-state index in [0.29, 0.717) is 12.8 Å². The van der Waals surface area contributed by atoms with E-state index in [1.165, 1.54) is 0 Å². The third kappa shape index (κ3) is 4.04. The largest absolute Gasteiger partial charge is 0.480 e. The van der Waals surface area contributed by atoms with Crippen LogP contribution in [-0.4, -0.2) is 56.9 Å². The van der Waals surface area contributed by atoms with Crippen molar-refractivity contribution in [3.05, 3.63) is 0 Å². The Balaban J connectivity index is 2.58. The van der Waals surface area contributed by atoms with Crippen LogP contribution >= 0.6 is 7.82 Å².